The topological polar surface area (TPSA) is 70.4 Å². The molecule has 0 fully saturated rings. The Morgan fingerprint density at radius 1 is 1.42 bits per heavy atom. The van der Waals surface area contributed by atoms with Crippen molar-refractivity contribution in [2.45, 2.75) is 40.2 Å². The molecule has 1 aromatic rings. The predicted octanol–water partition coefficient (Wildman–Crippen LogP) is 2.99. The van der Waals surface area contributed by atoms with Crippen LogP contribution in [0.25, 0.3) is 12.3 Å². The van der Waals surface area contributed by atoms with Gasteiger partial charge >= 0.3 is 0 Å². The van der Waals surface area contributed by atoms with Crippen molar-refractivity contribution in [3.05, 3.63) is 42.0 Å². The first kappa shape index (κ1) is 19.9. The number of hydrogen-bond acceptors (Lipinski definition) is 4. The van der Waals surface area contributed by atoms with Crippen LogP contribution in [0.3, 0.4) is 0 Å². The third kappa shape index (κ3) is 5.79. The first-order chi connectivity index (χ1) is 11.6. The van der Waals surface area contributed by atoms with E-state index in [1.54, 1.807) is 23.8 Å². The number of carbonyl (C=O) groups is 1. The summed E-state index contributed by atoms with van der Waals surface area (Å²) in [6.07, 6.45) is 10.4. The van der Waals surface area contributed by atoms with Crippen LogP contribution >= 0.6 is 0 Å². The molecule has 0 radical (unpaired) electrons. The highest BCUT2D eigenvalue weighted by atomic mass is 16.5. The highest BCUT2D eigenvalue weighted by Gasteiger charge is 2.13. The van der Waals surface area contributed by atoms with Gasteiger partial charge in [0.15, 0.2) is 0 Å². The number of hydroxylamine groups is 1. The number of unbranched alkanes of at least 4 members (excludes halogenated alkanes) is 1. The van der Waals surface area contributed by atoms with Crippen molar-refractivity contribution in [2.24, 2.45) is 0 Å². The second-order valence-corrected chi connectivity index (χ2v) is 5.47. The van der Waals surface area contributed by atoms with Crippen LogP contribution in [-0.2, 0) is 11.3 Å². The largest absolute Gasteiger partial charge is 0.303 e. The summed E-state index contributed by atoms with van der Waals surface area (Å²) in [4.78, 5) is 17.9. The van der Waals surface area contributed by atoms with Crippen LogP contribution in [0.1, 0.15) is 43.9 Å². The molecule has 6 heteroatoms. The third-order valence-electron chi connectivity index (χ3n) is 3.78. The van der Waals surface area contributed by atoms with Crippen molar-refractivity contribution >= 4 is 18.2 Å². The summed E-state index contributed by atoms with van der Waals surface area (Å²) in [7, 11) is 0. The molecule has 0 saturated heterocycles. The van der Waals surface area contributed by atoms with E-state index < -0.39 is 5.91 Å². The van der Waals surface area contributed by atoms with Gasteiger partial charge in [-0.05, 0) is 32.5 Å². The molecular weight excluding hydrogens is 304 g/mol. The number of amides is 1. The molecular formula is C18H28N4O2. The molecule has 1 aromatic heterocycles. The molecule has 0 unspecified atom stereocenters. The standard InChI is InChI=1S/C18H28N4O2/c1-5-8-13-21(6-2)14-16-15(4)19-17(22(16)7-3)11-9-10-12-18(23)20-24/h7,9-12,24H,3,5-6,8,13-14H2,1-2,4H3,(H,20,23)/b11-9+,12-10+. The van der Waals surface area contributed by atoms with E-state index in [0.717, 1.165) is 36.8 Å². The van der Waals surface area contributed by atoms with Crippen molar-refractivity contribution in [2.75, 3.05) is 13.1 Å². The maximum Gasteiger partial charge on any atom is 0.267 e. The highest BCUT2D eigenvalue weighted by Crippen LogP contribution is 2.16. The minimum atomic E-state index is -0.571. The molecule has 1 heterocycles. The number of aromatic nitrogens is 2. The summed E-state index contributed by atoms with van der Waals surface area (Å²) >= 11 is 0. The maximum absolute atomic E-state index is 10.9. The van der Waals surface area contributed by atoms with Crippen LogP contribution in [0, 0.1) is 6.92 Å². The lowest BCUT2D eigenvalue weighted by Gasteiger charge is -2.20. The van der Waals surface area contributed by atoms with Crippen LogP contribution in [0.4, 0.5) is 0 Å². The molecule has 0 aromatic carbocycles. The zero-order chi connectivity index (χ0) is 17.9. The number of nitrogens with zero attached hydrogens (tertiary/aromatic N) is 3. The Labute approximate surface area is 144 Å². The van der Waals surface area contributed by atoms with E-state index in [1.165, 1.54) is 18.9 Å². The molecule has 0 bridgehead atoms. The normalized spacial score (nSPS) is 11.7. The van der Waals surface area contributed by atoms with Gasteiger partial charge in [0.1, 0.15) is 5.82 Å². The lowest BCUT2D eigenvalue weighted by molar-refractivity contribution is -0.124. The first-order valence-corrected chi connectivity index (χ1v) is 8.28. The number of hydrogen-bond donors (Lipinski definition) is 2. The summed E-state index contributed by atoms with van der Waals surface area (Å²) in [5.74, 6) is 0.191. The minimum absolute atomic E-state index is 0.571. The van der Waals surface area contributed by atoms with Crippen LogP contribution in [0.2, 0.25) is 0 Å². The van der Waals surface area contributed by atoms with Gasteiger partial charge in [0.2, 0.25) is 0 Å². The number of rotatable bonds is 10. The smallest absolute Gasteiger partial charge is 0.267 e. The van der Waals surface area contributed by atoms with Crippen LogP contribution < -0.4 is 5.48 Å². The second-order valence-electron chi connectivity index (χ2n) is 5.47. The van der Waals surface area contributed by atoms with Gasteiger partial charge in [-0.3, -0.25) is 14.9 Å². The Bertz CT molecular complexity index is 602. The van der Waals surface area contributed by atoms with E-state index in [2.05, 4.69) is 30.3 Å². The summed E-state index contributed by atoms with van der Waals surface area (Å²) in [6.45, 7) is 13.1. The van der Waals surface area contributed by atoms with Crippen molar-refractivity contribution in [1.29, 1.82) is 0 Å². The van der Waals surface area contributed by atoms with E-state index in [4.69, 9.17) is 5.21 Å². The SMILES string of the molecule is C=Cn1c(/C=C/C=C/C(=O)NO)nc(C)c1CN(CC)CCCC. The average Bonchev–Trinajstić information content (AvgIpc) is 2.89. The predicted molar refractivity (Wildman–Crippen MR) is 97.3 cm³/mol. The van der Waals surface area contributed by atoms with Crippen molar-refractivity contribution in [3.8, 4) is 0 Å². The fraction of sp³-hybridized carbons (Fsp3) is 0.444. The van der Waals surface area contributed by atoms with Crippen molar-refractivity contribution in [3.63, 3.8) is 0 Å². The van der Waals surface area contributed by atoms with Gasteiger partial charge in [0.25, 0.3) is 5.91 Å². The Balaban J connectivity index is 2.93. The van der Waals surface area contributed by atoms with Crippen LogP contribution in [0.15, 0.2) is 24.8 Å². The van der Waals surface area contributed by atoms with E-state index in [1.807, 2.05) is 17.6 Å². The summed E-state index contributed by atoms with van der Waals surface area (Å²) in [5.41, 5.74) is 3.64. The molecule has 0 aliphatic carbocycles. The van der Waals surface area contributed by atoms with E-state index in [-0.39, 0.29) is 0 Å². The molecule has 0 saturated carbocycles. The van der Waals surface area contributed by atoms with Gasteiger partial charge in [0, 0.05) is 18.8 Å². The first-order valence-electron chi connectivity index (χ1n) is 8.28. The van der Waals surface area contributed by atoms with Crippen LogP contribution in [0.5, 0.6) is 0 Å². The van der Waals surface area contributed by atoms with Gasteiger partial charge in [0.05, 0.1) is 11.4 Å². The molecule has 0 spiro atoms. The second kappa shape index (κ2) is 10.6. The monoisotopic (exact) mass is 332 g/mol. The average molecular weight is 332 g/mol. The molecule has 6 nitrogen and oxygen atoms in total. The molecule has 1 rings (SSSR count). The minimum Gasteiger partial charge on any atom is -0.303 e. The summed E-state index contributed by atoms with van der Waals surface area (Å²) in [6, 6.07) is 0. The number of aryl methyl sites for hydroxylation is 1. The van der Waals surface area contributed by atoms with Gasteiger partial charge in [-0.15, -0.1) is 0 Å². The number of allylic oxidation sites excluding steroid dienone is 2. The molecule has 0 aliphatic heterocycles. The lowest BCUT2D eigenvalue weighted by atomic mass is 10.2. The van der Waals surface area contributed by atoms with Gasteiger partial charge < -0.3 is 4.57 Å². The van der Waals surface area contributed by atoms with Crippen molar-refractivity contribution in [1.82, 2.24) is 19.9 Å². The third-order valence-corrected chi connectivity index (χ3v) is 3.78. The van der Waals surface area contributed by atoms with Crippen LogP contribution in [-0.4, -0.2) is 38.7 Å². The lowest BCUT2D eigenvalue weighted by Crippen LogP contribution is -2.25. The number of imidazole rings is 1. The molecule has 132 valence electrons. The van der Waals surface area contributed by atoms with Gasteiger partial charge in [-0.1, -0.05) is 39.0 Å². The zero-order valence-electron chi connectivity index (χ0n) is 14.8. The van der Waals surface area contributed by atoms with Gasteiger partial charge in [-0.25, -0.2) is 10.5 Å². The fourth-order valence-electron chi connectivity index (χ4n) is 2.38. The Morgan fingerprint density at radius 3 is 2.75 bits per heavy atom. The maximum atomic E-state index is 10.9. The Hall–Kier alpha value is -2.18. The summed E-state index contributed by atoms with van der Waals surface area (Å²) in [5, 5.41) is 8.43. The number of carbonyl (C=O) groups excluding carboxylic acids is 1. The zero-order valence-corrected chi connectivity index (χ0v) is 14.8. The molecule has 2 N–H and O–H groups in total. The fourth-order valence-corrected chi connectivity index (χ4v) is 2.38. The number of nitrogens with one attached hydrogen (secondary N) is 1. The summed E-state index contributed by atoms with van der Waals surface area (Å²) < 4.78 is 1.97. The molecule has 1 amide bonds. The van der Waals surface area contributed by atoms with E-state index in [0.29, 0.717) is 0 Å². The van der Waals surface area contributed by atoms with E-state index in [9.17, 15) is 4.79 Å². The Kier molecular flexibility index (Phi) is 8.75. The molecule has 24 heavy (non-hydrogen) atoms. The van der Waals surface area contributed by atoms with Crippen molar-refractivity contribution < 1.29 is 10.0 Å². The quantitative estimate of drug-likeness (QED) is 0.299. The van der Waals surface area contributed by atoms with E-state index >= 15 is 0 Å². The molecule has 0 aliphatic rings. The highest BCUT2D eigenvalue weighted by molar-refractivity contribution is 5.86. The Morgan fingerprint density at radius 2 is 2.17 bits per heavy atom. The van der Waals surface area contributed by atoms with Gasteiger partial charge in [-0.2, -0.15) is 0 Å². The molecule has 0 atom stereocenters.